The molecule has 0 bridgehead atoms. The molecule has 0 aliphatic heterocycles. The number of ether oxygens (including phenoxy) is 1. The number of nitrogens with one attached hydrogen (secondary N) is 3. The monoisotopic (exact) mass is 393 g/mol. The third kappa shape index (κ3) is 4.78. The van der Waals surface area contributed by atoms with Crippen molar-refractivity contribution in [3.8, 4) is 5.75 Å². The van der Waals surface area contributed by atoms with Gasteiger partial charge in [0.2, 0.25) is 0 Å². The Morgan fingerprint density at radius 3 is 2.48 bits per heavy atom. The molecule has 0 spiro atoms. The number of aromatic amines is 1. The molecule has 1 aromatic carbocycles. The first-order valence-corrected chi connectivity index (χ1v) is 9.04. The van der Waals surface area contributed by atoms with E-state index >= 15 is 0 Å². The van der Waals surface area contributed by atoms with Crippen LogP contribution < -0.4 is 15.4 Å². The molecule has 3 aromatic rings. The van der Waals surface area contributed by atoms with E-state index in [0.717, 1.165) is 5.69 Å². The van der Waals surface area contributed by atoms with E-state index < -0.39 is 0 Å². The van der Waals surface area contributed by atoms with Gasteiger partial charge in [-0.25, -0.2) is 0 Å². The lowest BCUT2D eigenvalue weighted by atomic mass is 9.92. The number of carbonyl (C=O) groups excluding carboxylic acids is 2. The van der Waals surface area contributed by atoms with Crippen molar-refractivity contribution in [2.45, 2.75) is 26.2 Å². The molecule has 3 N–H and O–H groups in total. The van der Waals surface area contributed by atoms with Gasteiger partial charge in [0.15, 0.2) is 5.69 Å². The molecule has 0 atom stereocenters. The quantitative estimate of drug-likeness (QED) is 0.613. The molecule has 3 rings (SSSR count). The summed E-state index contributed by atoms with van der Waals surface area (Å²) in [6.07, 6.45) is 3.07. The van der Waals surface area contributed by atoms with Gasteiger partial charge in [0.25, 0.3) is 11.8 Å². The summed E-state index contributed by atoms with van der Waals surface area (Å²) in [6.45, 7) is 6.10. The van der Waals surface area contributed by atoms with Crippen LogP contribution in [0.4, 0.5) is 11.4 Å². The summed E-state index contributed by atoms with van der Waals surface area (Å²) >= 11 is 0. The standard InChI is InChI=1S/C21H23N5O3/c1-21(2,3)18-11-16(25-26-18)20(28)23-14-7-8-15(17(10-14)29-4)24-19(27)13-6-5-9-22-12-13/h5-12H,1-4H3,(H,23,28)(H,24,27)(H,25,26). The van der Waals surface area contributed by atoms with Crippen molar-refractivity contribution in [2.24, 2.45) is 0 Å². The maximum atomic E-state index is 12.5. The molecule has 0 unspecified atom stereocenters. The van der Waals surface area contributed by atoms with Gasteiger partial charge in [-0.05, 0) is 30.3 Å². The second-order valence-electron chi connectivity index (χ2n) is 7.48. The zero-order valence-electron chi connectivity index (χ0n) is 16.7. The minimum Gasteiger partial charge on any atom is -0.494 e. The van der Waals surface area contributed by atoms with Crippen LogP contribution in [0.2, 0.25) is 0 Å². The number of rotatable bonds is 5. The van der Waals surface area contributed by atoms with Crippen molar-refractivity contribution < 1.29 is 14.3 Å². The van der Waals surface area contributed by atoms with Gasteiger partial charge in [0.1, 0.15) is 5.75 Å². The van der Waals surface area contributed by atoms with Crippen LogP contribution in [0.15, 0.2) is 48.8 Å². The van der Waals surface area contributed by atoms with Gasteiger partial charge >= 0.3 is 0 Å². The first kappa shape index (κ1) is 20.1. The fraction of sp³-hybridized carbons (Fsp3) is 0.238. The van der Waals surface area contributed by atoms with Crippen LogP contribution in [0.5, 0.6) is 5.75 Å². The average Bonchev–Trinajstić information content (AvgIpc) is 3.20. The second-order valence-corrected chi connectivity index (χ2v) is 7.48. The summed E-state index contributed by atoms with van der Waals surface area (Å²) in [5.41, 5.74) is 2.46. The number of amides is 2. The Hall–Kier alpha value is -3.68. The predicted molar refractivity (Wildman–Crippen MR) is 110 cm³/mol. The summed E-state index contributed by atoms with van der Waals surface area (Å²) in [6, 6.07) is 10.1. The van der Waals surface area contributed by atoms with E-state index in [1.807, 2.05) is 20.8 Å². The third-order valence-electron chi connectivity index (χ3n) is 4.25. The molecule has 0 aliphatic carbocycles. The Morgan fingerprint density at radius 2 is 1.86 bits per heavy atom. The van der Waals surface area contributed by atoms with Gasteiger partial charge in [0, 0.05) is 35.3 Å². The number of methoxy groups -OCH3 is 1. The number of carbonyl (C=O) groups is 2. The van der Waals surface area contributed by atoms with Crippen molar-refractivity contribution in [3.63, 3.8) is 0 Å². The maximum Gasteiger partial charge on any atom is 0.276 e. The van der Waals surface area contributed by atoms with Crippen molar-refractivity contribution in [1.82, 2.24) is 15.2 Å². The van der Waals surface area contributed by atoms with E-state index in [1.54, 1.807) is 42.6 Å². The number of hydrogen-bond acceptors (Lipinski definition) is 5. The highest BCUT2D eigenvalue weighted by molar-refractivity contribution is 6.06. The molecule has 0 saturated heterocycles. The van der Waals surface area contributed by atoms with Crippen LogP contribution in [0, 0.1) is 0 Å². The average molecular weight is 393 g/mol. The zero-order chi connectivity index (χ0) is 21.0. The SMILES string of the molecule is COc1cc(NC(=O)c2cc(C(C)(C)C)[nH]n2)ccc1NC(=O)c1cccnc1. The van der Waals surface area contributed by atoms with Gasteiger partial charge in [0.05, 0.1) is 18.4 Å². The summed E-state index contributed by atoms with van der Waals surface area (Å²) in [5, 5.41) is 12.5. The van der Waals surface area contributed by atoms with Gasteiger partial charge in [-0.1, -0.05) is 20.8 Å². The molecule has 150 valence electrons. The van der Waals surface area contributed by atoms with Crippen LogP contribution in [0.3, 0.4) is 0 Å². The number of nitrogens with zero attached hydrogens (tertiary/aromatic N) is 2. The molecule has 29 heavy (non-hydrogen) atoms. The Kier molecular flexibility index (Phi) is 5.63. The van der Waals surface area contributed by atoms with Crippen molar-refractivity contribution in [3.05, 3.63) is 65.7 Å². The second kappa shape index (κ2) is 8.14. The smallest absolute Gasteiger partial charge is 0.276 e. The number of anilines is 2. The van der Waals surface area contributed by atoms with Crippen molar-refractivity contribution in [1.29, 1.82) is 0 Å². The van der Waals surface area contributed by atoms with E-state index in [0.29, 0.717) is 28.4 Å². The molecule has 0 saturated carbocycles. The molecule has 2 amide bonds. The number of benzene rings is 1. The number of pyridine rings is 1. The molecule has 0 fully saturated rings. The van der Waals surface area contributed by atoms with E-state index in [-0.39, 0.29) is 17.2 Å². The Labute approximate surface area is 168 Å². The lowest BCUT2D eigenvalue weighted by molar-refractivity contribution is 0.101. The normalized spacial score (nSPS) is 11.0. The van der Waals surface area contributed by atoms with Crippen LogP contribution in [0.1, 0.15) is 47.3 Å². The van der Waals surface area contributed by atoms with Crippen LogP contribution >= 0.6 is 0 Å². The number of hydrogen-bond donors (Lipinski definition) is 3. The summed E-state index contributed by atoms with van der Waals surface area (Å²) in [5.74, 6) is -0.234. The first-order valence-electron chi connectivity index (χ1n) is 9.04. The fourth-order valence-electron chi connectivity index (χ4n) is 2.58. The third-order valence-corrected chi connectivity index (χ3v) is 4.25. The van der Waals surface area contributed by atoms with Crippen molar-refractivity contribution >= 4 is 23.2 Å². The van der Waals surface area contributed by atoms with Gasteiger partial charge in [-0.2, -0.15) is 5.10 Å². The molecular formula is C21H23N5O3. The Morgan fingerprint density at radius 1 is 1.07 bits per heavy atom. The number of aromatic nitrogens is 3. The van der Waals surface area contributed by atoms with E-state index in [2.05, 4.69) is 25.8 Å². The molecule has 2 heterocycles. The zero-order valence-corrected chi connectivity index (χ0v) is 16.7. The summed E-state index contributed by atoms with van der Waals surface area (Å²) < 4.78 is 5.36. The highest BCUT2D eigenvalue weighted by Crippen LogP contribution is 2.29. The van der Waals surface area contributed by atoms with Crippen LogP contribution in [-0.4, -0.2) is 34.1 Å². The molecule has 8 nitrogen and oxygen atoms in total. The van der Waals surface area contributed by atoms with Crippen LogP contribution in [0.25, 0.3) is 0 Å². The summed E-state index contributed by atoms with van der Waals surface area (Å²) in [7, 11) is 1.49. The Bertz CT molecular complexity index is 1020. The van der Waals surface area contributed by atoms with Gasteiger partial charge in [-0.15, -0.1) is 0 Å². The molecule has 2 aromatic heterocycles. The minimum absolute atomic E-state index is 0.136. The lowest BCUT2D eigenvalue weighted by Crippen LogP contribution is -2.14. The molecule has 0 radical (unpaired) electrons. The first-order chi connectivity index (χ1) is 13.8. The summed E-state index contributed by atoms with van der Waals surface area (Å²) in [4.78, 5) is 28.7. The van der Waals surface area contributed by atoms with E-state index in [9.17, 15) is 9.59 Å². The van der Waals surface area contributed by atoms with Crippen LogP contribution in [-0.2, 0) is 5.41 Å². The van der Waals surface area contributed by atoms with E-state index in [4.69, 9.17) is 4.74 Å². The predicted octanol–water partition coefficient (Wildman–Crippen LogP) is 3.62. The maximum absolute atomic E-state index is 12.5. The highest BCUT2D eigenvalue weighted by atomic mass is 16.5. The van der Waals surface area contributed by atoms with Gasteiger partial charge < -0.3 is 15.4 Å². The number of H-pyrrole nitrogens is 1. The van der Waals surface area contributed by atoms with Crippen molar-refractivity contribution in [2.75, 3.05) is 17.7 Å². The molecule has 0 aliphatic rings. The lowest BCUT2D eigenvalue weighted by Gasteiger charge is -2.14. The van der Waals surface area contributed by atoms with E-state index in [1.165, 1.54) is 13.3 Å². The fourth-order valence-corrected chi connectivity index (χ4v) is 2.58. The highest BCUT2D eigenvalue weighted by Gasteiger charge is 2.20. The Balaban J connectivity index is 1.74. The topological polar surface area (TPSA) is 109 Å². The molecular weight excluding hydrogens is 370 g/mol. The molecule has 8 heteroatoms. The largest absolute Gasteiger partial charge is 0.494 e. The van der Waals surface area contributed by atoms with Gasteiger partial charge in [-0.3, -0.25) is 19.7 Å². The minimum atomic E-state index is -0.342.